The van der Waals surface area contributed by atoms with Gasteiger partial charge in [-0.3, -0.25) is 0 Å². The summed E-state index contributed by atoms with van der Waals surface area (Å²) in [6.45, 7) is 0. The van der Waals surface area contributed by atoms with Gasteiger partial charge in [0, 0.05) is 0 Å². The van der Waals surface area contributed by atoms with E-state index in [4.69, 9.17) is 267 Å². The van der Waals surface area contributed by atoms with Gasteiger partial charge >= 0.3 is 0 Å². The van der Waals surface area contributed by atoms with E-state index in [0.29, 0.717) is 0 Å². The second-order valence-corrected chi connectivity index (χ2v) is 23.1. The van der Waals surface area contributed by atoms with Crippen molar-refractivity contribution >= 4 is 517 Å². The molecule has 0 spiro atoms. The molecular formula is C57B34. The Hall–Kier alpha value is -5.07. The topological polar surface area (TPSA) is 0 Å². The zero-order valence-electron chi connectivity index (χ0n) is 48.1. The predicted octanol–water partition coefficient (Wildman–Crippen LogP) is -25.8. The summed E-state index contributed by atoms with van der Waals surface area (Å²) in [6, 6.07) is 0. The first kappa shape index (κ1) is 64.6. The van der Waals surface area contributed by atoms with Gasteiger partial charge in [0.15, 0.2) is 0 Å². The van der Waals surface area contributed by atoms with Crippen LogP contribution in [0.4, 0.5) is 0 Å². The van der Waals surface area contributed by atoms with Crippen molar-refractivity contribution in [3.63, 3.8) is 0 Å². The van der Waals surface area contributed by atoms with Crippen LogP contribution in [-0.4, -0.2) is 267 Å². The summed E-state index contributed by atoms with van der Waals surface area (Å²) in [4.78, 5) is 0. The van der Waals surface area contributed by atoms with Gasteiger partial charge in [-0.15, -0.1) is 65.6 Å². The fraction of sp³-hybridized carbons (Fsp3) is 0.0175. The van der Waals surface area contributed by atoms with Gasteiger partial charge < -0.3 is 0 Å². The molecule has 0 fully saturated rings. The largest absolute Gasteiger partial charge is 0.115 e. The normalized spacial score (nSPS) is 12.9. The molecule has 0 nitrogen and oxygen atoms in total. The Bertz CT molecular complexity index is 5120. The molecule has 0 saturated heterocycles. The maximum Gasteiger partial charge on any atom is 0.115 e. The van der Waals surface area contributed by atoms with Gasteiger partial charge in [0.2, 0.25) is 0 Å². The van der Waals surface area contributed by atoms with Crippen LogP contribution in [0.25, 0.3) is 98.0 Å². The van der Waals surface area contributed by atoms with Crippen LogP contribution >= 0.6 is 0 Å². The van der Waals surface area contributed by atoms with Gasteiger partial charge in [-0.1, -0.05) is 120 Å². The smallest absolute Gasteiger partial charge is 0.112 e. The van der Waals surface area contributed by atoms with Crippen LogP contribution in [0.5, 0.6) is 0 Å². The van der Waals surface area contributed by atoms with Gasteiger partial charge in [-0.05, 0) is 120 Å². The predicted molar refractivity (Wildman–Crippen MR) is 425 cm³/mol. The van der Waals surface area contributed by atoms with E-state index in [1.807, 2.05) is 0 Å². The number of benzene rings is 12. The van der Waals surface area contributed by atoms with Crippen LogP contribution in [0.3, 0.4) is 0 Å². The second-order valence-electron chi connectivity index (χ2n) is 23.1. The fourth-order valence-electron chi connectivity index (χ4n) is 14.7. The zero-order valence-corrected chi connectivity index (χ0v) is 48.1. The van der Waals surface area contributed by atoms with Crippen LogP contribution in [-0.2, 0) is 5.41 Å². The van der Waals surface area contributed by atoms with Crippen molar-refractivity contribution in [1.29, 1.82) is 0 Å². The second kappa shape index (κ2) is 21.0. The lowest BCUT2D eigenvalue weighted by molar-refractivity contribution is 0.805. The molecule has 0 bridgehead atoms. The maximum absolute atomic E-state index is 7.99. The standard InChI is InChI=1S/C57B34/c58-23-17(7-5-1-3-13(33(68)25(5)60)41(76)49(84)43(78)15(3)37(72)35(70)11(1)31(66)27(7)62)39(74)29(64)9-10-20(57(19(9)23,21-45(80)51(86)55(90)52(87)46(21)81)22-47(82)53(88)56(91)54(89)48(22)83)24(59)18(40(75)30(10)65)8-6-2-4-14(34(69)26(6)61)42(77)50(85)44(79)16(4)38(73)36(71)12(2)32(67)28(8)63. The highest BCUT2D eigenvalue weighted by molar-refractivity contribution is 6.79. The number of hydrogen-bond acceptors (Lipinski definition) is 0. The highest BCUT2D eigenvalue weighted by Crippen LogP contribution is 2.53. The Labute approximate surface area is 573 Å². The van der Waals surface area contributed by atoms with Crippen molar-refractivity contribution in [3.8, 4) is 33.4 Å². The molecule has 68 radical (unpaired) electrons. The van der Waals surface area contributed by atoms with E-state index in [-0.39, 0.29) is 273 Å². The lowest BCUT2D eigenvalue weighted by Crippen LogP contribution is -2.65. The quantitative estimate of drug-likeness (QED) is 0.122. The van der Waals surface area contributed by atoms with Crippen LogP contribution in [0, 0.1) is 0 Å². The Morgan fingerprint density at radius 2 is 0.253 bits per heavy atom. The number of rotatable bonds is 4. The minimum atomic E-state index is -2.62. The molecular weight excluding hydrogens is 1050 g/mol. The summed E-state index contributed by atoms with van der Waals surface area (Å²) in [5, 5.41) is 1.55. The summed E-state index contributed by atoms with van der Waals surface area (Å²) in [5.74, 6) is 0. The van der Waals surface area contributed by atoms with Gasteiger partial charge in [0.25, 0.3) is 0 Å². The van der Waals surface area contributed by atoms with Crippen molar-refractivity contribution in [2.24, 2.45) is 0 Å². The van der Waals surface area contributed by atoms with Crippen LogP contribution in [0.1, 0.15) is 22.3 Å². The SMILES string of the molecule is [B]c1c([B])c([B])c(C2(c3c([B])c([B])c([B])c([B])c3[B])c3c([B])c(-c4c([B])c([B])c5c([B])c([B])c6c([B])c([B])c([B])c7c([B])c([B])c4c5c67)c([B])c([B])c3-c3c([B])c([B])c(-c4c([B])c([B])c5c([B])c([B])c6c([B])c([B])c([B])c7c([B])c([B])c4c5c67)c([B])c32)c([B])c1[B]. The fourth-order valence-corrected chi connectivity index (χ4v) is 14.7. The zero-order chi connectivity index (χ0) is 66.8. The molecule has 12 aromatic carbocycles. The average molecular weight is 1050 g/mol. The van der Waals surface area contributed by atoms with Gasteiger partial charge in [0.05, 0.1) is 5.41 Å². The minimum Gasteiger partial charge on any atom is -0.112 e. The molecule has 0 atom stereocenters. The van der Waals surface area contributed by atoms with Crippen LogP contribution < -0.4 is 186 Å². The Kier molecular flexibility index (Phi) is 14.9. The molecule has 0 aliphatic heterocycles. The van der Waals surface area contributed by atoms with E-state index in [9.17, 15) is 0 Å². The molecule has 0 N–H and O–H groups in total. The molecule has 91 heavy (non-hydrogen) atoms. The van der Waals surface area contributed by atoms with E-state index in [1.54, 1.807) is 0 Å². The third-order valence-electron chi connectivity index (χ3n) is 19.1. The minimum absolute atomic E-state index is 0.0175. The lowest BCUT2D eigenvalue weighted by atomic mass is 9.47. The van der Waals surface area contributed by atoms with E-state index >= 15 is 0 Å². The van der Waals surface area contributed by atoms with Crippen molar-refractivity contribution in [2.75, 3.05) is 0 Å². The number of hydrogen-bond donors (Lipinski definition) is 0. The molecule has 0 saturated carbocycles. The molecule has 12 aromatic rings. The van der Waals surface area contributed by atoms with Crippen molar-refractivity contribution < 1.29 is 0 Å². The molecule has 330 valence electrons. The van der Waals surface area contributed by atoms with E-state index in [1.165, 1.54) is 0 Å². The molecule has 1 aliphatic carbocycles. The van der Waals surface area contributed by atoms with Crippen LogP contribution in [0.2, 0.25) is 0 Å². The lowest BCUT2D eigenvalue weighted by Gasteiger charge is -2.45. The summed E-state index contributed by atoms with van der Waals surface area (Å²) in [5.41, 5.74) is -12.5. The van der Waals surface area contributed by atoms with E-state index < -0.39 is 38.2 Å². The first-order valence-corrected chi connectivity index (χ1v) is 27.1. The van der Waals surface area contributed by atoms with Crippen molar-refractivity contribution in [3.05, 3.63) is 22.3 Å². The van der Waals surface area contributed by atoms with E-state index in [2.05, 4.69) is 0 Å². The molecule has 1 aliphatic rings. The Balaban J connectivity index is 1.34. The first-order chi connectivity index (χ1) is 42.5. The molecule has 34 heteroatoms. The molecule has 13 rings (SSSR count). The van der Waals surface area contributed by atoms with Gasteiger partial charge in [-0.2, -0.15) is 0 Å². The van der Waals surface area contributed by atoms with E-state index in [0.717, 1.165) is 0 Å². The van der Waals surface area contributed by atoms with Crippen molar-refractivity contribution in [1.82, 2.24) is 0 Å². The third-order valence-corrected chi connectivity index (χ3v) is 19.1. The summed E-state index contributed by atoms with van der Waals surface area (Å²) >= 11 is 0. The third kappa shape index (κ3) is 7.51. The Morgan fingerprint density at radius 3 is 0.495 bits per heavy atom. The highest BCUT2D eigenvalue weighted by atomic mass is 14.5. The summed E-state index contributed by atoms with van der Waals surface area (Å²) in [7, 11) is 242. The highest BCUT2D eigenvalue weighted by Gasteiger charge is 2.53. The maximum atomic E-state index is 7.99. The average Bonchev–Trinajstić information content (AvgIpc) is 1.59. The van der Waals surface area contributed by atoms with Gasteiger partial charge in [0.1, 0.15) is 267 Å². The number of fused-ring (bicyclic) bond motifs is 3. The summed E-state index contributed by atoms with van der Waals surface area (Å²) in [6.07, 6.45) is 0. The molecule has 0 aromatic heterocycles. The molecule has 0 heterocycles. The van der Waals surface area contributed by atoms with Crippen molar-refractivity contribution in [2.45, 2.75) is 5.41 Å². The monoisotopic (exact) mass is 1060 g/mol. The van der Waals surface area contributed by atoms with Crippen LogP contribution in [0.15, 0.2) is 0 Å². The first-order valence-electron chi connectivity index (χ1n) is 27.1. The molecule has 0 amide bonds. The Morgan fingerprint density at radius 1 is 0.0989 bits per heavy atom. The summed E-state index contributed by atoms with van der Waals surface area (Å²) < 4.78 is 0. The molecule has 0 unspecified atom stereocenters. The van der Waals surface area contributed by atoms with Gasteiger partial charge in [-0.25, -0.2) is 0 Å².